The first-order valence-electron chi connectivity index (χ1n) is 4.18. The van der Waals surface area contributed by atoms with Crippen LogP contribution in [0.4, 0.5) is 5.69 Å². The molecule has 0 saturated carbocycles. The Labute approximate surface area is 78.4 Å². The lowest BCUT2D eigenvalue weighted by atomic mass is 10.3. The molecule has 1 N–H and O–H groups in total. The molecule has 13 heavy (non-hydrogen) atoms. The first kappa shape index (κ1) is 9.74. The third-order valence-corrected chi connectivity index (χ3v) is 1.52. The van der Waals surface area contributed by atoms with Crippen LogP contribution in [0.15, 0.2) is 30.3 Å². The van der Waals surface area contributed by atoms with Gasteiger partial charge in [0.1, 0.15) is 0 Å². The lowest BCUT2D eigenvalue weighted by Gasteiger charge is -2.09. The second-order valence-electron chi connectivity index (χ2n) is 3.15. The summed E-state index contributed by atoms with van der Waals surface area (Å²) in [5, 5.41) is 2.79. The van der Waals surface area contributed by atoms with Crippen LogP contribution in [-0.4, -0.2) is 31.4 Å². The zero-order chi connectivity index (χ0) is 9.68. The molecule has 0 heterocycles. The number of para-hydroxylation sites is 1. The molecule has 1 aromatic carbocycles. The van der Waals surface area contributed by atoms with Crippen molar-refractivity contribution in [3.05, 3.63) is 30.3 Å². The molecule has 0 spiro atoms. The Morgan fingerprint density at radius 2 is 1.92 bits per heavy atom. The van der Waals surface area contributed by atoms with Gasteiger partial charge in [0.25, 0.3) is 0 Å². The first-order valence-corrected chi connectivity index (χ1v) is 4.18. The number of rotatable bonds is 3. The van der Waals surface area contributed by atoms with Gasteiger partial charge in [-0.05, 0) is 26.2 Å². The average Bonchev–Trinajstić information content (AvgIpc) is 2.04. The Kier molecular flexibility index (Phi) is 3.46. The summed E-state index contributed by atoms with van der Waals surface area (Å²) in [7, 11) is 3.73. The molecule has 0 aliphatic rings. The van der Waals surface area contributed by atoms with Crippen molar-refractivity contribution in [2.45, 2.75) is 0 Å². The summed E-state index contributed by atoms with van der Waals surface area (Å²) in [6.45, 7) is 0.412. The number of carbonyl (C=O) groups is 1. The number of hydrogen-bond donors (Lipinski definition) is 1. The van der Waals surface area contributed by atoms with Gasteiger partial charge in [-0.25, -0.2) is 0 Å². The van der Waals surface area contributed by atoms with Crippen LogP contribution in [-0.2, 0) is 4.79 Å². The van der Waals surface area contributed by atoms with Crippen molar-refractivity contribution < 1.29 is 4.79 Å². The largest absolute Gasteiger partial charge is 0.325 e. The van der Waals surface area contributed by atoms with Crippen molar-refractivity contribution in [2.24, 2.45) is 0 Å². The maximum Gasteiger partial charge on any atom is 0.238 e. The first-order chi connectivity index (χ1) is 6.18. The molecule has 70 valence electrons. The third kappa shape index (κ3) is 3.71. The van der Waals surface area contributed by atoms with Crippen LogP contribution in [0.2, 0.25) is 0 Å². The van der Waals surface area contributed by atoms with E-state index in [1.807, 2.05) is 49.3 Å². The minimum absolute atomic E-state index is 0.0104. The molecule has 0 unspecified atom stereocenters. The SMILES string of the molecule is CN(C)CC(=O)Nc1ccccc1. The molecule has 0 fully saturated rings. The molecule has 0 bridgehead atoms. The maximum absolute atomic E-state index is 11.3. The van der Waals surface area contributed by atoms with Crippen LogP contribution in [0.1, 0.15) is 0 Å². The summed E-state index contributed by atoms with van der Waals surface area (Å²) in [4.78, 5) is 13.1. The Balaban J connectivity index is 2.46. The summed E-state index contributed by atoms with van der Waals surface area (Å²) < 4.78 is 0. The number of hydrogen-bond acceptors (Lipinski definition) is 2. The van der Waals surface area contributed by atoms with E-state index in [2.05, 4.69) is 5.32 Å². The molecular weight excluding hydrogens is 164 g/mol. The van der Waals surface area contributed by atoms with Crippen molar-refractivity contribution in [3.63, 3.8) is 0 Å². The summed E-state index contributed by atoms with van der Waals surface area (Å²) in [5.74, 6) is 0.0104. The lowest BCUT2D eigenvalue weighted by molar-refractivity contribution is -0.116. The van der Waals surface area contributed by atoms with E-state index < -0.39 is 0 Å². The van der Waals surface area contributed by atoms with E-state index in [0.29, 0.717) is 6.54 Å². The van der Waals surface area contributed by atoms with Crippen LogP contribution in [0, 0.1) is 0 Å². The molecule has 3 heteroatoms. The average molecular weight is 178 g/mol. The molecule has 0 radical (unpaired) electrons. The fourth-order valence-corrected chi connectivity index (χ4v) is 1.01. The highest BCUT2D eigenvalue weighted by Gasteiger charge is 2.01. The highest BCUT2D eigenvalue weighted by atomic mass is 16.2. The van der Waals surface area contributed by atoms with E-state index in [0.717, 1.165) is 5.69 Å². The van der Waals surface area contributed by atoms with Gasteiger partial charge in [-0.15, -0.1) is 0 Å². The molecule has 0 aromatic heterocycles. The Hall–Kier alpha value is -1.35. The summed E-state index contributed by atoms with van der Waals surface area (Å²) >= 11 is 0. The predicted molar refractivity (Wildman–Crippen MR) is 53.6 cm³/mol. The second kappa shape index (κ2) is 4.62. The Morgan fingerprint density at radius 1 is 1.31 bits per heavy atom. The monoisotopic (exact) mass is 178 g/mol. The Bertz CT molecular complexity index is 270. The zero-order valence-electron chi connectivity index (χ0n) is 7.95. The van der Waals surface area contributed by atoms with Gasteiger partial charge >= 0.3 is 0 Å². The van der Waals surface area contributed by atoms with E-state index in [-0.39, 0.29) is 5.91 Å². The van der Waals surface area contributed by atoms with E-state index in [1.54, 1.807) is 0 Å². The minimum Gasteiger partial charge on any atom is -0.325 e. The van der Waals surface area contributed by atoms with Crippen LogP contribution in [0.25, 0.3) is 0 Å². The second-order valence-corrected chi connectivity index (χ2v) is 3.15. The van der Waals surface area contributed by atoms with Gasteiger partial charge in [-0.3, -0.25) is 4.79 Å². The van der Waals surface area contributed by atoms with E-state index in [9.17, 15) is 4.79 Å². The molecule has 3 nitrogen and oxygen atoms in total. The highest BCUT2D eigenvalue weighted by Crippen LogP contribution is 2.04. The number of likely N-dealkylation sites (N-methyl/N-ethyl adjacent to an activating group) is 1. The van der Waals surface area contributed by atoms with Crippen molar-refractivity contribution in [1.82, 2.24) is 4.90 Å². The fourth-order valence-electron chi connectivity index (χ4n) is 1.01. The molecule has 1 amide bonds. The van der Waals surface area contributed by atoms with Crippen molar-refractivity contribution in [3.8, 4) is 0 Å². The quantitative estimate of drug-likeness (QED) is 0.754. The molecule has 0 aliphatic heterocycles. The summed E-state index contributed by atoms with van der Waals surface area (Å²) in [6, 6.07) is 9.44. The molecule has 0 saturated heterocycles. The van der Waals surface area contributed by atoms with Gasteiger partial charge in [0.2, 0.25) is 5.91 Å². The number of anilines is 1. The Morgan fingerprint density at radius 3 is 2.46 bits per heavy atom. The molecule has 0 aliphatic carbocycles. The molecule has 1 aromatic rings. The third-order valence-electron chi connectivity index (χ3n) is 1.52. The predicted octanol–water partition coefficient (Wildman–Crippen LogP) is 1.19. The minimum atomic E-state index is 0.0104. The fraction of sp³-hybridized carbons (Fsp3) is 0.300. The highest BCUT2D eigenvalue weighted by molar-refractivity contribution is 5.92. The van der Waals surface area contributed by atoms with Gasteiger partial charge in [0.15, 0.2) is 0 Å². The zero-order valence-corrected chi connectivity index (χ0v) is 7.95. The van der Waals surface area contributed by atoms with E-state index in [1.165, 1.54) is 0 Å². The van der Waals surface area contributed by atoms with E-state index >= 15 is 0 Å². The van der Waals surface area contributed by atoms with Gasteiger partial charge < -0.3 is 10.2 Å². The van der Waals surface area contributed by atoms with Gasteiger partial charge in [0, 0.05) is 5.69 Å². The number of carbonyl (C=O) groups excluding carboxylic acids is 1. The van der Waals surface area contributed by atoms with E-state index in [4.69, 9.17) is 0 Å². The topological polar surface area (TPSA) is 32.3 Å². The van der Waals surface area contributed by atoms with Crippen molar-refractivity contribution >= 4 is 11.6 Å². The summed E-state index contributed by atoms with van der Waals surface area (Å²) in [5.41, 5.74) is 0.842. The summed E-state index contributed by atoms with van der Waals surface area (Å²) in [6.07, 6.45) is 0. The molecule has 1 rings (SSSR count). The normalized spacial score (nSPS) is 10.1. The molecule has 0 atom stereocenters. The van der Waals surface area contributed by atoms with Gasteiger partial charge in [-0.1, -0.05) is 18.2 Å². The van der Waals surface area contributed by atoms with Crippen LogP contribution in [0.3, 0.4) is 0 Å². The lowest BCUT2D eigenvalue weighted by Crippen LogP contribution is -2.26. The smallest absolute Gasteiger partial charge is 0.238 e. The number of nitrogens with zero attached hydrogens (tertiary/aromatic N) is 1. The molecular formula is C10H14N2O. The maximum atomic E-state index is 11.3. The van der Waals surface area contributed by atoms with Crippen molar-refractivity contribution in [1.29, 1.82) is 0 Å². The van der Waals surface area contributed by atoms with Crippen molar-refractivity contribution in [2.75, 3.05) is 26.0 Å². The van der Waals surface area contributed by atoms with Crippen LogP contribution < -0.4 is 5.32 Å². The number of amides is 1. The van der Waals surface area contributed by atoms with Gasteiger partial charge in [-0.2, -0.15) is 0 Å². The standard InChI is InChI=1S/C10H14N2O/c1-12(2)8-10(13)11-9-6-4-3-5-7-9/h3-7H,8H2,1-2H3,(H,11,13). The number of benzene rings is 1. The number of nitrogens with one attached hydrogen (secondary N) is 1. The van der Waals surface area contributed by atoms with Crippen LogP contribution >= 0.6 is 0 Å². The van der Waals surface area contributed by atoms with Crippen LogP contribution in [0.5, 0.6) is 0 Å². The van der Waals surface area contributed by atoms with Gasteiger partial charge in [0.05, 0.1) is 6.54 Å².